The standard InChI is InChI=1S/C13H18N2O6/c16-5-8(17)9(18)10(19)11(20)12(21)13-14-6-3-1-2-4-7(6)15-13/h1-4,8-12,16-21H,5H2,(H,14,15)/t8-,9-,10-,11-,12+/m0/s1. The first-order valence-electron chi connectivity index (χ1n) is 6.41. The second-order valence-corrected chi connectivity index (χ2v) is 4.81. The van der Waals surface area contributed by atoms with Gasteiger partial charge in [0.15, 0.2) is 0 Å². The summed E-state index contributed by atoms with van der Waals surface area (Å²) < 4.78 is 0. The van der Waals surface area contributed by atoms with E-state index in [2.05, 4.69) is 9.97 Å². The van der Waals surface area contributed by atoms with Crippen molar-refractivity contribution in [2.45, 2.75) is 30.5 Å². The summed E-state index contributed by atoms with van der Waals surface area (Å²) >= 11 is 0. The van der Waals surface area contributed by atoms with Gasteiger partial charge in [-0.2, -0.15) is 0 Å². The van der Waals surface area contributed by atoms with Gasteiger partial charge in [-0.15, -0.1) is 0 Å². The van der Waals surface area contributed by atoms with Gasteiger partial charge >= 0.3 is 0 Å². The number of para-hydroxylation sites is 2. The van der Waals surface area contributed by atoms with Crippen molar-refractivity contribution in [1.29, 1.82) is 0 Å². The van der Waals surface area contributed by atoms with E-state index in [-0.39, 0.29) is 5.82 Å². The van der Waals surface area contributed by atoms with Crippen molar-refractivity contribution in [3.8, 4) is 0 Å². The number of nitrogens with zero attached hydrogens (tertiary/aromatic N) is 1. The van der Waals surface area contributed by atoms with Crippen molar-refractivity contribution in [2.75, 3.05) is 6.61 Å². The molecule has 0 aliphatic carbocycles. The van der Waals surface area contributed by atoms with Crippen LogP contribution in [0.2, 0.25) is 0 Å². The summed E-state index contributed by atoms with van der Waals surface area (Å²) in [6.45, 7) is -0.786. The molecule has 0 aliphatic rings. The van der Waals surface area contributed by atoms with Gasteiger partial charge in [-0.05, 0) is 12.1 Å². The van der Waals surface area contributed by atoms with Crippen LogP contribution in [0.5, 0.6) is 0 Å². The highest BCUT2D eigenvalue weighted by Gasteiger charge is 2.35. The van der Waals surface area contributed by atoms with Gasteiger partial charge in [-0.25, -0.2) is 4.98 Å². The third-order valence-corrected chi connectivity index (χ3v) is 3.29. The van der Waals surface area contributed by atoms with Crippen molar-refractivity contribution >= 4 is 11.0 Å². The third-order valence-electron chi connectivity index (χ3n) is 3.29. The fourth-order valence-corrected chi connectivity index (χ4v) is 2.00. The zero-order chi connectivity index (χ0) is 15.6. The van der Waals surface area contributed by atoms with Crippen LogP contribution in [0.15, 0.2) is 24.3 Å². The Morgan fingerprint density at radius 3 is 2.24 bits per heavy atom. The van der Waals surface area contributed by atoms with Crippen LogP contribution >= 0.6 is 0 Å². The number of nitrogens with one attached hydrogen (secondary N) is 1. The highest BCUT2D eigenvalue weighted by molar-refractivity contribution is 5.74. The summed E-state index contributed by atoms with van der Waals surface area (Å²) in [6, 6.07) is 6.95. The van der Waals surface area contributed by atoms with Crippen molar-refractivity contribution in [3.05, 3.63) is 30.1 Å². The Morgan fingerprint density at radius 2 is 1.62 bits per heavy atom. The summed E-state index contributed by atoms with van der Waals surface area (Å²) in [6.07, 6.45) is -8.66. The van der Waals surface area contributed by atoms with E-state index in [9.17, 15) is 25.5 Å². The minimum absolute atomic E-state index is 0.0217. The molecule has 5 atom stereocenters. The SMILES string of the molecule is OC[C@H](O)[C@H](O)[C@H](O)[C@H](O)[C@@H](O)c1nc2ccccc2[nH]1. The van der Waals surface area contributed by atoms with Gasteiger partial charge in [-0.3, -0.25) is 0 Å². The number of rotatable bonds is 6. The number of imidazole rings is 1. The van der Waals surface area contributed by atoms with Gasteiger partial charge in [-0.1, -0.05) is 12.1 Å². The first-order chi connectivity index (χ1) is 9.95. The second kappa shape index (κ2) is 6.48. The molecule has 0 aliphatic heterocycles. The first-order valence-corrected chi connectivity index (χ1v) is 6.41. The molecule has 2 rings (SSSR count). The van der Waals surface area contributed by atoms with E-state index in [1.54, 1.807) is 24.3 Å². The van der Waals surface area contributed by atoms with Crippen molar-refractivity contribution < 1.29 is 30.6 Å². The van der Waals surface area contributed by atoms with Gasteiger partial charge < -0.3 is 35.6 Å². The molecule has 0 bridgehead atoms. The lowest BCUT2D eigenvalue weighted by Crippen LogP contribution is -2.47. The summed E-state index contributed by atoms with van der Waals surface area (Å²) in [5, 5.41) is 57.1. The molecule has 0 amide bonds. The van der Waals surface area contributed by atoms with Crippen LogP contribution in [0.3, 0.4) is 0 Å². The average molecular weight is 298 g/mol. The van der Waals surface area contributed by atoms with Crippen molar-refractivity contribution in [2.24, 2.45) is 0 Å². The molecule has 0 saturated carbocycles. The number of aromatic nitrogens is 2. The van der Waals surface area contributed by atoms with Crippen LogP contribution in [0.25, 0.3) is 11.0 Å². The monoisotopic (exact) mass is 298 g/mol. The Labute approximate surface area is 119 Å². The van der Waals surface area contributed by atoms with Gasteiger partial charge in [0.25, 0.3) is 0 Å². The number of H-pyrrole nitrogens is 1. The zero-order valence-electron chi connectivity index (χ0n) is 11.0. The predicted octanol–water partition coefficient (Wildman–Crippen LogP) is -1.97. The number of benzene rings is 1. The molecule has 0 spiro atoms. The lowest BCUT2D eigenvalue weighted by atomic mass is 9.99. The Morgan fingerprint density at radius 1 is 0.952 bits per heavy atom. The highest BCUT2D eigenvalue weighted by atomic mass is 16.4. The smallest absolute Gasteiger partial charge is 0.140 e. The van der Waals surface area contributed by atoms with E-state index in [1.165, 1.54) is 0 Å². The molecular weight excluding hydrogens is 280 g/mol. The van der Waals surface area contributed by atoms with Crippen LogP contribution in [-0.2, 0) is 0 Å². The molecule has 8 heteroatoms. The highest BCUT2D eigenvalue weighted by Crippen LogP contribution is 2.21. The lowest BCUT2D eigenvalue weighted by Gasteiger charge is -2.27. The van der Waals surface area contributed by atoms with E-state index < -0.39 is 37.1 Å². The Hall–Kier alpha value is -1.55. The van der Waals surface area contributed by atoms with Gasteiger partial charge in [0.1, 0.15) is 36.3 Å². The molecule has 0 saturated heterocycles. The molecule has 1 heterocycles. The van der Waals surface area contributed by atoms with Crippen LogP contribution in [0.4, 0.5) is 0 Å². The number of hydrogen-bond acceptors (Lipinski definition) is 7. The maximum Gasteiger partial charge on any atom is 0.140 e. The first kappa shape index (κ1) is 15.8. The fraction of sp³-hybridized carbons (Fsp3) is 0.462. The van der Waals surface area contributed by atoms with Crippen molar-refractivity contribution in [3.63, 3.8) is 0 Å². The molecule has 7 N–H and O–H groups in total. The molecule has 8 nitrogen and oxygen atoms in total. The second-order valence-electron chi connectivity index (χ2n) is 4.81. The van der Waals surface area contributed by atoms with Gasteiger partial charge in [0.2, 0.25) is 0 Å². The largest absolute Gasteiger partial charge is 0.394 e. The molecule has 1 aromatic carbocycles. The molecule has 1 aromatic heterocycles. The molecule has 0 fully saturated rings. The molecule has 2 aromatic rings. The summed E-state index contributed by atoms with van der Waals surface area (Å²) in [7, 11) is 0. The number of fused-ring (bicyclic) bond motifs is 1. The topological polar surface area (TPSA) is 150 Å². The molecule has 0 unspecified atom stereocenters. The normalized spacial score (nSPS) is 19.1. The Bertz CT molecular complexity index is 556. The Balaban J connectivity index is 2.16. The number of aliphatic hydroxyl groups excluding tert-OH is 6. The predicted molar refractivity (Wildman–Crippen MR) is 72.2 cm³/mol. The maximum absolute atomic E-state index is 10.0. The van der Waals surface area contributed by atoms with E-state index in [0.717, 1.165) is 0 Å². The van der Waals surface area contributed by atoms with Crippen LogP contribution in [0, 0.1) is 0 Å². The van der Waals surface area contributed by atoms with E-state index in [0.29, 0.717) is 11.0 Å². The van der Waals surface area contributed by atoms with Crippen LogP contribution in [0.1, 0.15) is 11.9 Å². The lowest BCUT2D eigenvalue weighted by molar-refractivity contribution is -0.142. The number of aliphatic hydroxyl groups is 6. The zero-order valence-corrected chi connectivity index (χ0v) is 11.0. The minimum atomic E-state index is -1.85. The quantitative estimate of drug-likeness (QED) is 0.327. The van der Waals surface area contributed by atoms with E-state index >= 15 is 0 Å². The molecule has 0 radical (unpaired) electrons. The molecule has 116 valence electrons. The third kappa shape index (κ3) is 3.21. The summed E-state index contributed by atoms with van der Waals surface area (Å²) in [4.78, 5) is 6.86. The van der Waals surface area contributed by atoms with E-state index in [1.807, 2.05) is 0 Å². The van der Waals surface area contributed by atoms with Crippen LogP contribution < -0.4 is 0 Å². The van der Waals surface area contributed by atoms with Gasteiger partial charge in [0, 0.05) is 0 Å². The fourth-order valence-electron chi connectivity index (χ4n) is 2.00. The molecule has 21 heavy (non-hydrogen) atoms. The number of aromatic amines is 1. The molecular formula is C13H18N2O6. The maximum atomic E-state index is 10.0. The van der Waals surface area contributed by atoms with E-state index in [4.69, 9.17) is 5.11 Å². The number of hydrogen-bond donors (Lipinski definition) is 7. The van der Waals surface area contributed by atoms with Crippen molar-refractivity contribution in [1.82, 2.24) is 9.97 Å². The minimum Gasteiger partial charge on any atom is -0.394 e. The summed E-state index contributed by atoms with van der Waals surface area (Å²) in [5.74, 6) is 0.0217. The van der Waals surface area contributed by atoms with Crippen LogP contribution in [-0.4, -0.2) is 71.6 Å². The average Bonchev–Trinajstić information content (AvgIpc) is 2.95. The summed E-state index contributed by atoms with van der Waals surface area (Å²) in [5.41, 5.74) is 1.22. The van der Waals surface area contributed by atoms with Gasteiger partial charge in [0.05, 0.1) is 17.6 Å². The Kier molecular flexibility index (Phi) is 4.88.